The summed E-state index contributed by atoms with van der Waals surface area (Å²) in [5, 5.41) is 7.51. The highest BCUT2D eigenvalue weighted by molar-refractivity contribution is 7.92. The highest BCUT2D eigenvalue weighted by atomic mass is 35.5. The number of nitrogens with zero attached hydrogens (tertiary/aromatic N) is 3. The van der Waals surface area contributed by atoms with Crippen molar-refractivity contribution in [2.75, 3.05) is 28.9 Å². The molecule has 36 heavy (non-hydrogen) atoms. The number of rotatable bonds is 9. The van der Waals surface area contributed by atoms with Crippen LogP contribution in [-0.4, -0.2) is 48.3 Å². The molecule has 3 N–H and O–H groups in total. The fourth-order valence-corrected chi connectivity index (χ4v) is 6.38. The Bertz CT molecular complexity index is 1280. The molecule has 0 amide bonds. The van der Waals surface area contributed by atoms with Gasteiger partial charge in [0.05, 0.1) is 32.7 Å². The van der Waals surface area contributed by atoms with Crippen molar-refractivity contribution in [1.82, 2.24) is 20.3 Å². The van der Waals surface area contributed by atoms with Crippen LogP contribution >= 0.6 is 23.7 Å². The Balaban J connectivity index is 0.00000361. The standard InChI is InChI=1S/C24H31FN6O2S2.ClH/c1-4-14-35(32,33)31-18-7-5-6-17(20(18)25)21-22(19-10-13-27-24(29-19)28-15(2)3)34-23(30-21)16-8-11-26-12-9-16;/h5-7,10,13,15-16,26,31H,4,8-9,11-12,14H2,1-3H3,(H,27,28,29);1H. The summed E-state index contributed by atoms with van der Waals surface area (Å²) < 4.78 is 42.7. The van der Waals surface area contributed by atoms with Gasteiger partial charge in [-0.2, -0.15) is 0 Å². The van der Waals surface area contributed by atoms with E-state index in [0.717, 1.165) is 35.8 Å². The lowest BCUT2D eigenvalue weighted by Crippen LogP contribution is -2.26. The van der Waals surface area contributed by atoms with Crippen molar-refractivity contribution in [2.45, 2.75) is 52.0 Å². The van der Waals surface area contributed by atoms with E-state index in [0.29, 0.717) is 23.8 Å². The van der Waals surface area contributed by atoms with Crippen molar-refractivity contribution in [1.29, 1.82) is 0 Å². The minimum atomic E-state index is -3.64. The normalized spacial score (nSPS) is 14.5. The van der Waals surface area contributed by atoms with Crippen molar-refractivity contribution in [3.63, 3.8) is 0 Å². The second-order valence-electron chi connectivity index (χ2n) is 8.91. The van der Waals surface area contributed by atoms with Crippen LogP contribution in [0.1, 0.15) is 51.0 Å². The van der Waals surface area contributed by atoms with Crippen molar-refractivity contribution >= 4 is 45.4 Å². The SMILES string of the molecule is CCCS(=O)(=O)Nc1cccc(-c2nc(C3CCNCC3)sc2-c2ccnc(NC(C)C)n2)c1F.Cl. The van der Waals surface area contributed by atoms with Crippen LogP contribution in [0.5, 0.6) is 0 Å². The Hall–Kier alpha value is -2.34. The number of aromatic nitrogens is 3. The lowest BCUT2D eigenvalue weighted by molar-refractivity contribution is 0.459. The van der Waals surface area contributed by atoms with Crippen molar-refractivity contribution < 1.29 is 12.8 Å². The molecule has 1 fully saturated rings. The molecular weight excluding hydrogens is 523 g/mol. The maximum Gasteiger partial charge on any atom is 0.232 e. The third-order valence-electron chi connectivity index (χ3n) is 5.63. The van der Waals surface area contributed by atoms with Gasteiger partial charge in [0, 0.05) is 23.7 Å². The fourth-order valence-electron chi connectivity index (χ4n) is 4.03. The Morgan fingerprint density at radius 3 is 2.64 bits per heavy atom. The largest absolute Gasteiger partial charge is 0.352 e. The summed E-state index contributed by atoms with van der Waals surface area (Å²) in [6, 6.07) is 6.65. The molecule has 0 aliphatic carbocycles. The van der Waals surface area contributed by atoms with Gasteiger partial charge in [-0.05, 0) is 64.4 Å². The minimum absolute atomic E-state index is 0. The van der Waals surface area contributed by atoms with Gasteiger partial charge in [-0.15, -0.1) is 23.7 Å². The summed E-state index contributed by atoms with van der Waals surface area (Å²) in [7, 11) is -3.64. The lowest BCUT2D eigenvalue weighted by atomic mass is 9.99. The van der Waals surface area contributed by atoms with Gasteiger partial charge in [0.15, 0.2) is 5.82 Å². The molecule has 0 bridgehead atoms. The van der Waals surface area contributed by atoms with E-state index in [2.05, 4.69) is 25.3 Å². The fraction of sp³-hybridized carbons (Fsp3) is 0.458. The van der Waals surface area contributed by atoms with E-state index in [1.807, 2.05) is 13.8 Å². The molecule has 0 atom stereocenters. The van der Waals surface area contributed by atoms with Gasteiger partial charge in [-0.1, -0.05) is 13.0 Å². The number of thiazole rings is 1. The highest BCUT2D eigenvalue weighted by Gasteiger charge is 2.26. The molecule has 12 heteroatoms. The maximum absolute atomic E-state index is 15.7. The molecule has 4 rings (SSSR count). The van der Waals surface area contributed by atoms with Crippen LogP contribution in [0.25, 0.3) is 21.8 Å². The predicted molar refractivity (Wildman–Crippen MR) is 147 cm³/mol. The minimum Gasteiger partial charge on any atom is -0.352 e. The van der Waals surface area contributed by atoms with Crippen LogP contribution in [0.4, 0.5) is 16.0 Å². The Labute approximate surface area is 222 Å². The van der Waals surface area contributed by atoms with Crippen LogP contribution in [0.3, 0.4) is 0 Å². The number of hydrogen-bond donors (Lipinski definition) is 3. The zero-order valence-electron chi connectivity index (χ0n) is 20.5. The molecule has 3 aromatic rings. The van der Waals surface area contributed by atoms with E-state index in [1.54, 1.807) is 31.3 Å². The zero-order valence-corrected chi connectivity index (χ0v) is 23.0. The number of sulfonamides is 1. The number of piperidine rings is 1. The lowest BCUT2D eigenvalue weighted by Gasteiger charge is -2.20. The predicted octanol–water partition coefficient (Wildman–Crippen LogP) is 5.27. The smallest absolute Gasteiger partial charge is 0.232 e. The molecule has 8 nitrogen and oxygen atoms in total. The van der Waals surface area contributed by atoms with E-state index < -0.39 is 15.8 Å². The molecule has 1 aliphatic heterocycles. The summed E-state index contributed by atoms with van der Waals surface area (Å²) in [6.07, 6.45) is 4.02. The Morgan fingerprint density at radius 1 is 1.19 bits per heavy atom. The molecule has 2 aromatic heterocycles. The first-order valence-corrected chi connectivity index (χ1v) is 14.3. The summed E-state index contributed by atoms with van der Waals surface area (Å²) >= 11 is 1.52. The van der Waals surface area contributed by atoms with Crippen molar-refractivity contribution in [3.05, 3.63) is 41.3 Å². The van der Waals surface area contributed by atoms with Crippen molar-refractivity contribution in [2.24, 2.45) is 0 Å². The first-order valence-electron chi connectivity index (χ1n) is 11.9. The second kappa shape index (κ2) is 12.3. The quantitative estimate of drug-likeness (QED) is 0.331. The van der Waals surface area contributed by atoms with Gasteiger partial charge in [-0.25, -0.2) is 27.8 Å². The monoisotopic (exact) mass is 554 g/mol. The first kappa shape index (κ1) is 28.2. The third kappa shape index (κ3) is 6.70. The van der Waals surface area contributed by atoms with Crippen LogP contribution < -0.4 is 15.4 Å². The van der Waals surface area contributed by atoms with Crippen LogP contribution in [0.2, 0.25) is 0 Å². The molecule has 0 unspecified atom stereocenters. The number of nitrogens with one attached hydrogen (secondary N) is 3. The van der Waals surface area contributed by atoms with Gasteiger partial charge in [0.2, 0.25) is 16.0 Å². The van der Waals surface area contributed by atoms with Gasteiger partial charge in [0.25, 0.3) is 0 Å². The first-order chi connectivity index (χ1) is 16.8. The number of hydrogen-bond acceptors (Lipinski definition) is 8. The average Bonchev–Trinajstić information content (AvgIpc) is 3.26. The molecule has 0 saturated carbocycles. The molecular formula is C24H32ClFN6O2S2. The summed E-state index contributed by atoms with van der Waals surface area (Å²) in [5.41, 5.74) is 1.27. The molecule has 1 aromatic carbocycles. The van der Waals surface area contributed by atoms with Gasteiger partial charge in [0.1, 0.15) is 0 Å². The molecule has 196 valence electrons. The van der Waals surface area contributed by atoms with E-state index >= 15 is 4.39 Å². The molecule has 1 saturated heterocycles. The topological polar surface area (TPSA) is 109 Å². The van der Waals surface area contributed by atoms with Crippen molar-refractivity contribution in [3.8, 4) is 21.8 Å². The molecule has 0 radical (unpaired) electrons. The molecule has 3 heterocycles. The Kier molecular flexibility index (Phi) is 9.62. The zero-order chi connectivity index (χ0) is 25.0. The van der Waals surface area contributed by atoms with Crippen LogP contribution in [0, 0.1) is 5.82 Å². The van der Waals surface area contributed by atoms with Gasteiger partial charge < -0.3 is 10.6 Å². The number of benzene rings is 1. The average molecular weight is 555 g/mol. The van der Waals surface area contributed by atoms with Crippen LogP contribution in [0.15, 0.2) is 30.5 Å². The van der Waals surface area contributed by atoms with Crippen LogP contribution in [-0.2, 0) is 10.0 Å². The van der Waals surface area contributed by atoms with Gasteiger partial charge >= 0.3 is 0 Å². The highest BCUT2D eigenvalue weighted by Crippen LogP contribution is 2.42. The van der Waals surface area contributed by atoms with E-state index in [-0.39, 0.29) is 41.4 Å². The second-order valence-corrected chi connectivity index (χ2v) is 11.8. The molecule has 1 aliphatic rings. The van der Waals surface area contributed by atoms with E-state index in [9.17, 15) is 8.42 Å². The number of halogens is 2. The third-order valence-corrected chi connectivity index (χ3v) is 8.35. The molecule has 0 spiro atoms. The summed E-state index contributed by atoms with van der Waals surface area (Å²) in [6.45, 7) is 7.59. The van der Waals surface area contributed by atoms with E-state index in [1.165, 1.54) is 17.4 Å². The Morgan fingerprint density at radius 2 is 1.94 bits per heavy atom. The summed E-state index contributed by atoms with van der Waals surface area (Å²) in [5.74, 6) is 0.0375. The number of anilines is 2. The summed E-state index contributed by atoms with van der Waals surface area (Å²) in [4.78, 5) is 14.6. The maximum atomic E-state index is 15.7. The van der Waals surface area contributed by atoms with Gasteiger partial charge in [-0.3, -0.25) is 4.72 Å². The van der Waals surface area contributed by atoms with E-state index in [4.69, 9.17) is 4.98 Å².